The molecule has 0 saturated carbocycles. The number of rotatable bonds is 1. The maximum Gasteiger partial charge on any atom is 0.313 e. The number of benzene rings is 1. The van der Waals surface area contributed by atoms with Crippen LogP contribution in [-0.4, -0.2) is 42.9 Å². The van der Waals surface area contributed by atoms with Gasteiger partial charge in [0.1, 0.15) is 6.07 Å². The zero-order valence-corrected chi connectivity index (χ0v) is 11.3. The van der Waals surface area contributed by atoms with Gasteiger partial charge in [0.05, 0.1) is 11.3 Å². The molecule has 104 valence electrons. The summed E-state index contributed by atoms with van der Waals surface area (Å²) in [5, 5.41) is 14.7. The molecule has 0 atom stereocenters. The molecule has 1 aromatic carbocycles. The van der Waals surface area contributed by atoms with Crippen molar-refractivity contribution >= 4 is 17.5 Å². The Hall–Kier alpha value is -2.39. The van der Waals surface area contributed by atoms with Gasteiger partial charge in [0.25, 0.3) is 0 Å². The van der Waals surface area contributed by atoms with Crippen molar-refractivity contribution in [2.45, 2.75) is 6.92 Å². The number of carbonyl (C=O) groups excluding carboxylic acids is 2. The second kappa shape index (κ2) is 6.17. The summed E-state index contributed by atoms with van der Waals surface area (Å²) in [7, 11) is 0. The molecule has 0 aromatic heterocycles. The first-order valence-electron chi connectivity index (χ1n) is 6.44. The highest BCUT2D eigenvalue weighted by Gasteiger charge is 2.23. The lowest BCUT2D eigenvalue weighted by Gasteiger charge is -2.26. The van der Waals surface area contributed by atoms with Crippen LogP contribution in [0.25, 0.3) is 0 Å². The third kappa shape index (κ3) is 2.95. The predicted octanol–water partition coefficient (Wildman–Crippen LogP) is 0.237. The van der Waals surface area contributed by atoms with Crippen LogP contribution in [0.5, 0.6) is 0 Å². The summed E-state index contributed by atoms with van der Waals surface area (Å²) < 4.78 is 0. The molecule has 2 amide bonds. The Labute approximate surface area is 117 Å². The Morgan fingerprint density at radius 1 is 1.35 bits per heavy atom. The van der Waals surface area contributed by atoms with E-state index < -0.39 is 11.8 Å². The zero-order chi connectivity index (χ0) is 14.5. The molecule has 6 nitrogen and oxygen atoms in total. The van der Waals surface area contributed by atoms with E-state index in [1.165, 1.54) is 4.90 Å². The predicted molar refractivity (Wildman–Crippen MR) is 74.0 cm³/mol. The van der Waals surface area contributed by atoms with E-state index in [0.29, 0.717) is 37.4 Å². The minimum atomic E-state index is -0.700. The highest BCUT2D eigenvalue weighted by Crippen LogP contribution is 2.18. The smallest absolute Gasteiger partial charge is 0.313 e. The fourth-order valence-corrected chi connectivity index (χ4v) is 2.11. The van der Waals surface area contributed by atoms with Crippen molar-refractivity contribution in [1.82, 2.24) is 10.2 Å². The monoisotopic (exact) mass is 272 g/mol. The van der Waals surface area contributed by atoms with Crippen molar-refractivity contribution in [2.75, 3.05) is 31.5 Å². The first kappa shape index (κ1) is 14.0. The minimum Gasteiger partial charge on any atom is -0.332 e. The van der Waals surface area contributed by atoms with Crippen molar-refractivity contribution < 1.29 is 9.59 Å². The lowest BCUT2D eigenvalue weighted by Crippen LogP contribution is -2.49. The molecule has 1 saturated heterocycles. The molecule has 1 aromatic rings. The summed E-state index contributed by atoms with van der Waals surface area (Å²) in [4.78, 5) is 25.5. The molecule has 1 heterocycles. The van der Waals surface area contributed by atoms with E-state index in [2.05, 4.69) is 10.6 Å². The van der Waals surface area contributed by atoms with Crippen molar-refractivity contribution in [3.63, 3.8) is 0 Å². The van der Waals surface area contributed by atoms with Crippen LogP contribution in [-0.2, 0) is 9.59 Å². The van der Waals surface area contributed by atoms with E-state index in [1.807, 2.05) is 6.07 Å². The van der Waals surface area contributed by atoms with E-state index in [-0.39, 0.29) is 0 Å². The number of anilines is 1. The molecule has 20 heavy (non-hydrogen) atoms. The molecule has 0 radical (unpaired) electrons. The summed E-state index contributed by atoms with van der Waals surface area (Å²) in [5.41, 5.74) is 1.52. The van der Waals surface area contributed by atoms with Gasteiger partial charge in [-0.15, -0.1) is 0 Å². The maximum atomic E-state index is 12.0. The summed E-state index contributed by atoms with van der Waals surface area (Å²) in [6.07, 6.45) is 0. The summed E-state index contributed by atoms with van der Waals surface area (Å²) in [5.74, 6) is -1.26. The van der Waals surface area contributed by atoms with E-state index in [9.17, 15) is 9.59 Å². The van der Waals surface area contributed by atoms with Crippen LogP contribution in [0, 0.1) is 18.3 Å². The van der Waals surface area contributed by atoms with Gasteiger partial charge >= 0.3 is 11.8 Å². The van der Waals surface area contributed by atoms with Crippen molar-refractivity contribution in [2.24, 2.45) is 0 Å². The molecule has 0 spiro atoms. The summed E-state index contributed by atoms with van der Waals surface area (Å²) in [6, 6.07) is 7.18. The molecule has 2 rings (SSSR count). The highest BCUT2D eigenvalue weighted by atomic mass is 16.2. The van der Waals surface area contributed by atoms with Gasteiger partial charge in [0, 0.05) is 26.2 Å². The van der Waals surface area contributed by atoms with Crippen molar-refractivity contribution in [3.8, 4) is 6.07 Å². The second-order valence-electron chi connectivity index (χ2n) is 4.61. The van der Waals surface area contributed by atoms with E-state index in [0.717, 1.165) is 5.56 Å². The average molecular weight is 272 g/mol. The molecular weight excluding hydrogens is 256 g/mol. The number of nitrogens with zero attached hydrogens (tertiary/aromatic N) is 2. The fourth-order valence-electron chi connectivity index (χ4n) is 2.11. The van der Waals surface area contributed by atoms with Gasteiger partial charge in [-0.1, -0.05) is 12.1 Å². The number of amides is 2. The normalized spacial score (nSPS) is 14.5. The minimum absolute atomic E-state index is 0.376. The first-order valence-corrected chi connectivity index (χ1v) is 6.44. The van der Waals surface area contributed by atoms with Crippen LogP contribution in [0.15, 0.2) is 18.2 Å². The van der Waals surface area contributed by atoms with Crippen LogP contribution in [0.2, 0.25) is 0 Å². The second-order valence-corrected chi connectivity index (χ2v) is 4.61. The number of hydrogen-bond donors (Lipinski definition) is 2. The molecular formula is C14H16N4O2. The molecule has 2 N–H and O–H groups in total. The fraction of sp³-hybridized carbons (Fsp3) is 0.357. The standard InChI is InChI=1S/C14H16N4O2/c1-10-3-2-4-12(11(10)9-15)17-13(19)14(20)18-7-5-16-6-8-18/h2-4,16H,5-8H2,1H3,(H,17,19). The van der Waals surface area contributed by atoms with E-state index >= 15 is 0 Å². The van der Waals surface area contributed by atoms with Gasteiger partial charge in [-0.2, -0.15) is 5.26 Å². The molecule has 0 unspecified atom stereocenters. The largest absolute Gasteiger partial charge is 0.332 e. The van der Waals surface area contributed by atoms with Gasteiger partial charge in [-0.3, -0.25) is 9.59 Å². The number of hydrogen-bond acceptors (Lipinski definition) is 4. The van der Waals surface area contributed by atoms with Crippen LogP contribution in [0.4, 0.5) is 5.69 Å². The Morgan fingerprint density at radius 2 is 2.05 bits per heavy atom. The maximum absolute atomic E-state index is 12.0. The number of nitrogens with one attached hydrogen (secondary N) is 2. The summed E-state index contributed by atoms with van der Waals surface area (Å²) in [6.45, 7) is 4.20. The zero-order valence-electron chi connectivity index (χ0n) is 11.3. The van der Waals surface area contributed by atoms with Crippen LogP contribution in [0.3, 0.4) is 0 Å². The Kier molecular flexibility index (Phi) is 4.33. The lowest BCUT2D eigenvalue weighted by atomic mass is 10.1. The summed E-state index contributed by atoms with van der Waals surface area (Å²) >= 11 is 0. The quantitative estimate of drug-likeness (QED) is 0.717. The average Bonchev–Trinajstić information content (AvgIpc) is 2.47. The van der Waals surface area contributed by atoms with Gasteiger partial charge < -0.3 is 15.5 Å². The number of aryl methyl sites for hydroxylation is 1. The molecule has 1 aliphatic rings. The molecule has 0 aliphatic carbocycles. The van der Waals surface area contributed by atoms with Crippen molar-refractivity contribution in [1.29, 1.82) is 5.26 Å². The van der Waals surface area contributed by atoms with E-state index in [1.54, 1.807) is 25.1 Å². The lowest BCUT2D eigenvalue weighted by molar-refractivity contribution is -0.143. The molecule has 1 aliphatic heterocycles. The Balaban J connectivity index is 2.10. The third-order valence-electron chi connectivity index (χ3n) is 3.23. The number of carbonyl (C=O) groups is 2. The van der Waals surface area contributed by atoms with Crippen LogP contribution >= 0.6 is 0 Å². The van der Waals surface area contributed by atoms with Gasteiger partial charge in [-0.05, 0) is 18.6 Å². The highest BCUT2D eigenvalue weighted by molar-refractivity contribution is 6.39. The van der Waals surface area contributed by atoms with Gasteiger partial charge in [0.2, 0.25) is 0 Å². The molecule has 6 heteroatoms. The first-order chi connectivity index (χ1) is 9.63. The van der Waals surface area contributed by atoms with Gasteiger partial charge in [0.15, 0.2) is 0 Å². The Morgan fingerprint density at radius 3 is 2.70 bits per heavy atom. The topological polar surface area (TPSA) is 85.2 Å². The van der Waals surface area contributed by atoms with Crippen LogP contribution in [0.1, 0.15) is 11.1 Å². The van der Waals surface area contributed by atoms with Gasteiger partial charge in [-0.25, -0.2) is 0 Å². The number of nitriles is 1. The molecule has 0 bridgehead atoms. The number of piperazine rings is 1. The van der Waals surface area contributed by atoms with E-state index in [4.69, 9.17) is 5.26 Å². The molecule has 1 fully saturated rings. The van der Waals surface area contributed by atoms with Crippen molar-refractivity contribution in [3.05, 3.63) is 29.3 Å². The van der Waals surface area contributed by atoms with Crippen LogP contribution < -0.4 is 10.6 Å². The third-order valence-corrected chi connectivity index (χ3v) is 3.23. The SMILES string of the molecule is Cc1cccc(NC(=O)C(=O)N2CCNCC2)c1C#N. The Bertz CT molecular complexity index is 571.